The molecule has 0 bridgehead atoms. The van der Waals surface area contributed by atoms with Gasteiger partial charge in [-0.1, -0.05) is 66.7 Å². The molecule has 0 aromatic heterocycles. The number of hydrogen-bond donors (Lipinski definition) is 3. The van der Waals surface area contributed by atoms with Crippen LogP contribution in [0.25, 0.3) is 0 Å². The van der Waals surface area contributed by atoms with Gasteiger partial charge in [-0.2, -0.15) is 0 Å². The first-order chi connectivity index (χ1) is 26.3. The molecule has 0 spiro atoms. The first-order valence-corrected chi connectivity index (χ1v) is 19.0. The molecule has 0 saturated carbocycles. The van der Waals surface area contributed by atoms with E-state index in [2.05, 4.69) is 10.2 Å². The van der Waals surface area contributed by atoms with Gasteiger partial charge in [0.1, 0.15) is 6.04 Å². The SMILES string of the molecule is CC(C)(C)NC(=O)C1CN(Cc2ccc(C(=O)ON3C(=O)CCC3=O)cc2)CCN1CC(O)CC(Cc1ccccc1)C(=O)N(O)C1CCc2ccccc21. The maximum absolute atomic E-state index is 14.0. The van der Waals surface area contributed by atoms with Gasteiger partial charge in [-0.25, -0.2) is 9.86 Å². The Morgan fingerprint density at radius 3 is 2.25 bits per heavy atom. The lowest BCUT2D eigenvalue weighted by molar-refractivity contribution is -0.182. The van der Waals surface area contributed by atoms with E-state index in [1.165, 1.54) is 0 Å². The summed E-state index contributed by atoms with van der Waals surface area (Å²) < 4.78 is 0. The van der Waals surface area contributed by atoms with Crippen LogP contribution in [0, 0.1) is 5.92 Å². The second-order valence-corrected chi connectivity index (χ2v) is 15.9. The van der Waals surface area contributed by atoms with E-state index >= 15 is 0 Å². The van der Waals surface area contributed by atoms with E-state index in [-0.39, 0.29) is 37.3 Å². The third kappa shape index (κ3) is 10.0. The third-order valence-corrected chi connectivity index (χ3v) is 10.5. The van der Waals surface area contributed by atoms with E-state index < -0.39 is 53.3 Å². The molecule has 3 aromatic carbocycles. The Bertz CT molecular complexity index is 1850. The third-order valence-electron chi connectivity index (χ3n) is 10.5. The predicted molar refractivity (Wildman–Crippen MR) is 202 cm³/mol. The summed E-state index contributed by atoms with van der Waals surface area (Å²) in [5.41, 5.74) is 3.56. The molecule has 3 aromatic rings. The van der Waals surface area contributed by atoms with Crippen molar-refractivity contribution in [1.82, 2.24) is 25.2 Å². The number of piperazine rings is 1. The predicted octanol–water partition coefficient (Wildman–Crippen LogP) is 3.82. The highest BCUT2D eigenvalue weighted by Crippen LogP contribution is 2.36. The standard InChI is InChI=1S/C42H51N5O8/c1-42(2,3)43-39(51)36-27-44(25-29-13-15-31(16-14-29)41(53)55-47-37(49)19-20-38(47)50)21-22-45(36)26-33(48)24-32(23-28-9-5-4-6-10-28)40(52)46(54)35-18-17-30-11-7-8-12-34(30)35/h4-16,32-33,35-36,48,54H,17-27H2,1-3H3,(H,43,51). The van der Waals surface area contributed by atoms with Crippen molar-refractivity contribution in [1.29, 1.82) is 0 Å². The normalized spacial score (nSPS) is 20.2. The molecular formula is C42H51N5O8. The Balaban J connectivity index is 1.12. The number of aliphatic hydroxyl groups is 1. The molecule has 3 N–H and O–H groups in total. The zero-order valence-corrected chi connectivity index (χ0v) is 31.7. The number of imide groups is 1. The van der Waals surface area contributed by atoms with Gasteiger partial charge >= 0.3 is 5.97 Å². The molecule has 2 fully saturated rings. The number of amides is 4. The minimum Gasteiger partial charge on any atom is -0.392 e. The van der Waals surface area contributed by atoms with Gasteiger partial charge in [-0.3, -0.25) is 34.2 Å². The quantitative estimate of drug-likeness (QED) is 0.133. The van der Waals surface area contributed by atoms with Crippen LogP contribution in [0.1, 0.15) is 85.1 Å². The van der Waals surface area contributed by atoms with E-state index in [1.807, 2.05) is 80.3 Å². The number of hydroxylamine groups is 4. The fourth-order valence-electron chi connectivity index (χ4n) is 7.71. The van der Waals surface area contributed by atoms with E-state index in [0.717, 1.165) is 33.7 Å². The average Bonchev–Trinajstić information content (AvgIpc) is 3.73. The Morgan fingerprint density at radius 1 is 0.891 bits per heavy atom. The largest absolute Gasteiger partial charge is 0.392 e. The van der Waals surface area contributed by atoms with Gasteiger partial charge in [0.25, 0.3) is 11.8 Å². The van der Waals surface area contributed by atoms with Crippen molar-refractivity contribution in [2.45, 2.75) is 89.6 Å². The van der Waals surface area contributed by atoms with Crippen molar-refractivity contribution >= 4 is 29.6 Å². The fourth-order valence-corrected chi connectivity index (χ4v) is 7.71. The molecule has 0 radical (unpaired) electrons. The maximum Gasteiger partial charge on any atom is 0.363 e. The highest BCUT2D eigenvalue weighted by Gasteiger charge is 2.38. The summed E-state index contributed by atoms with van der Waals surface area (Å²) in [6.07, 6.45) is 0.898. The van der Waals surface area contributed by atoms with Gasteiger partial charge in [0.05, 0.1) is 17.7 Å². The minimum absolute atomic E-state index is 0.0131. The van der Waals surface area contributed by atoms with Crippen molar-refractivity contribution in [3.05, 3.63) is 107 Å². The minimum atomic E-state index is -0.961. The number of hydrogen-bond acceptors (Lipinski definition) is 10. The molecule has 4 atom stereocenters. The van der Waals surface area contributed by atoms with Crippen LogP contribution in [-0.4, -0.2) is 104 Å². The van der Waals surface area contributed by atoms with Crippen molar-refractivity contribution < 1.29 is 39.1 Å². The van der Waals surface area contributed by atoms with Gasteiger partial charge < -0.3 is 15.3 Å². The van der Waals surface area contributed by atoms with Crippen molar-refractivity contribution in [2.24, 2.45) is 5.92 Å². The van der Waals surface area contributed by atoms with E-state index in [4.69, 9.17) is 4.84 Å². The Morgan fingerprint density at radius 2 is 1.56 bits per heavy atom. The molecule has 292 valence electrons. The van der Waals surface area contributed by atoms with E-state index in [0.29, 0.717) is 44.1 Å². The number of carbonyl (C=O) groups is 5. The number of fused-ring (bicyclic) bond motifs is 1. The first kappa shape index (κ1) is 39.7. The molecule has 13 nitrogen and oxygen atoms in total. The van der Waals surface area contributed by atoms with Crippen LogP contribution in [0.5, 0.6) is 0 Å². The van der Waals surface area contributed by atoms with Crippen LogP contribution in [-0.2, 0) is 43.4 Å². The van der Waals surface area contributed by atoms with Crippen LogP contribution in [0.3, 0.4) is 0 Å². The Kier molecular flexibility index (Phi) is 12.5. The summed E-state index contributed by atoms with van der Waals surface area (Å²) in [4.78, 5) is 73.2. The topological polar surface area (TPSA) is 160 Å². The number of aryl methyl sites for hydroxylation is 1. The van der Waals surface area contributed by atoms with Gasteiger partial charge in [-0.05, 0) is 80.8 Å². The lowest BCUT2D eigenvalue weighted by Gasteiger charge is -2.42. The summed E-state index contributed by atoms with van der Waals surface area (Å²) in [6.45, 7) is 7.82. The Labute approximate surface area is 321 Å². The summed E-state index contributed by atoms with van der Waals surface area (Å²) in [5, 5.41) is 27.4. The summed E-state index contributed by atoms with van der Waals surface area (Å²) in [7, 11) is 0. The number of benzene rings is 3. The fraction of sp³-hybridized carbons (Fsp3) is 0.452. The zero-order valence-electron chi connectivity index (χ0n) is 31.7. The maximum atomic E-state index is 14.0. The highest BCUT2D eigenvalue weighted by molar-refractivity contribution is 6.02. The molecule has 4 unspecified atom stereocenters. The van der Waals surface area contributed by atoms with Gasteiger partial charge in [0, 0.05) is 57.0 Å². The van der Waals surface area contributed by atoms with E-state index in [1.54, 1.807) is 24.3 Å². The molecular weight excluding hydrogens is 702 g/mol. The molecule has 55 heavy (non-hydrogen) atoms. The number of nitrogens with zero attached hydrogens (tertiary/aromatic N) is 4. The second-order valence-electron chi connectivity index (χ2n) is 15.9. The first-order valence-electron chi connectivity index (χ1n) is 19.0. The smallest absolute Gasteiger partial charge is 0.363 e. The summed E-state index contributed by atoms with van der Waals surface area (Å²) in [6, 6.07) is 23.0. The molecule has 2 heterocycles. The van der Waals surface area contributed by atoms with Crippen LogP contribution in [0.15, 0.2) is 78.9 Å². The molecule has 2 aliphatic heterocycles. The van der Waals surface area contributed by atoms with Gasteiger partial charge in [0.15, 0.2) is 0 Å². The number of aliphatic hydroxyl groups excluding tert-OH is 1. The van der Waals surface area contributed by atoms with E-state index in [9.17, 15) is 34.3 Å². The van der Waals surface area contributed by atoms with Crippen LogP contribution < -0.4 is 5.32 Å². The number of β-amino-alcohol motifs (C(OH)–C–C–N with tert-alkyl or cyclic N) is 1. The average molecular weight is 754 g/mol. The monoisotopic (exact) mass is 753 g/mol. The zero-order chi connectivity index (χ0) is 39.3. The van der Waals surface area contributed by atoms with Crippen LogP contribution >= 0.6 is 0 Å². The van der Waals surface area contributed by atoms with Crippen LogP contribution in [0.2, 0.25) is 0 Å². The lowest BCUT2D eigenvalue weighted by atomic mass is 9.91. The Hall–Kier alpha value is -4.95. The molecule has 2 saturated heterocycles. The number of nitrogens with one attached hydrogen (secondary N) is 1. The van der Waals surface area contributed by atoms with Crippen molar-refractivity contribution in [3.63, 3.8) is 0 Å². The number of rotatable bonds is 13. The van der Waals surface area contributed by atoms with Gasteiger partial charge in [-0.15, -0.1) is 5.06 Å². The van der Waals surface area contributed by atoms with Crippen molar-refractivity contribution in [2.75, 3.05) is 26.2 Å². The van der Waals surface area contributed by atoms with Crippen LogP contribution in [0.4, 0.5) is 0 Å². The lowest BCUT2D eigenvalue weighted by Crippen LogP contribution is -2.61. The number of carbonyl (C=O) groups excluding carboxylic acids is 5. The molecule has 1 aliphatic carbocycles. The second kappa shape index (κ2) is 17.2. The highest BCUT2D eigenvalue weighted by atomic mass is 16.7. The van der Waals surface area contributed by atoms with Crippen molar-refractivity contribution in [3.8, 4) is 0 Å². The summed E-state index contributed by atoms with van der Waals surface area (Å²) in [5.74, 6) is -3.20. The van der Waals surface area contributed by atoms with Gasteiger partial charge in [0.2, 0.25) is 11.8 Å². The molecule has 13 heteroatoms. The molecule has 3 aliphatic rings. The molecule has 6 rings (SSSR count). The molecule has 4 amide bonds. The summed E-state index contributed by atoms with van der Waals surface area (Å²) >= 11 is 0.